The van der Waals surface area contributed by atoms with Crippen molar-refractivity contribution in [2.24, 2.45) is 0 Å². The summed E-state index contributed by atoms with van der Waals surface area (Å²) in [4.78, 5) is 36.1. The van der Waals surface area contributed by atoms with Crippen molar-refractivity contribution in [1.29, 1.82) is 0 Å². The Morgan fingerprint density at radius 3 is 2.84 bits per heavy atom. The van der Waals surface area contributed by atoms with Crippen molar-refractivity contribution in [3.05, 3.63) is 22.4 Å². The van der Waals surface area contributed by atoms with Crippen molar-refractivity contribution in [3.63, 3.8) is 0 Å². The second kappa shape index (κ2) is 7.44. The molecule has 0 saturated carbocycles. The molecule has 1 unspecified atom stereocenters. The number of carboxylic acids is 1. The van der Waals surface area contributed by atoms with E-state index in [9.17, 15) is 14.4 Å². The quantitative estimate of drug-likeness (QED) is 0.827. The molecule has 0 radical (unpaired) electrons. The minimum absolute atomic E-state index is 0. The number of aliphatic carboxylic acids is 1. The molecule has 2 rings (SSSR count). The Labute approximate surface area is 140 Å². The van der Waals surface area contributed by atoms with Gasteiger partial charge in [-0.25, -0.2) is 0 Å². The first-order valence-electron chi connectivity index (χ1n) is 5.33. The second-order valence-corrected chi connectivity index (χ2v) is 5.94. The van der Waals surface area contributed by atoms with Crippen LogP contribution in [-0.4, -0.2) is 74.9 Å². The minimum atomic E-state index is -1.03. The third-order valence-electron chi connectivity index (χ3n) is 2.55. The maximum atomic E-state index is 11.8. The van der Waals surface area contributed by atoms with Crippen LogP contribution in [0.5, 0.6) is 0 Å². The van der Waals surface area contributed by atoms with Crippen LogP contribution < -0.4 is 0 Å². The second-order valence-electron chi connectivity index (χ2n) is 3.81. The molecular formula is C11H12NNaO4S2. The maximum absolute atomic E-state index is 11.8. The SMILES string of the molecule is O=C(O)CN1CCC(SC(=O)c2cccs2)C1=O.[NaH]. The van der Waals surface area contributed by atoms with Gasteiger partial charge in [0.2, 0.25) is 11.0 Å². The summed E-state index contributed by atoms with van der Waals surface area (Å²) in [6.07, 6.45) is 0.522. The Morgan fingerprint density at radius 1 is 1.53 bits per heavy atom. The first-order valence-corrected chi connectivity index (χ1v) is 7.09. The van der Waals surface area contributed by atoms with E-state index >= 15 is 0 Å². The van der Waals surface area contributed by atoms with Gasteiger partial charge in [0, 0.05) is 6.54 Å². The van der Waals surface area contributed by atoms with E-state index in [2.05, 4.69) is 0 Å². The van der Waals surface area contributed by atoms with Crippen LogP contribution >= 0.6 is 23.1 Å². The fraction of sp³-hybridized carbons (Fsp3) is 0.364. The van der Waals surface area contributed by atoms with E-state index in [1.165, 1.54) is 16.2 Å². The summed E-state index contributed by atoms with van der Waals surface area (Å²) in [6, 6.07) is 3.50. The molecule has 8 heteroatoms. The number of carbonyl (C=O) groups is 3. The van der Waals surface area contributed by atoms with Crippen molar-refractivity contribution in [1.82, 2.24) is 4.90 Å². The number of likely N-dealkylation sites (tertiary alicyclic amines) is 1. The molecule has 1 aromatic heterocycles. The van der Waals surface area contributed by atoms with E-state index in [-0.39, 0.29) is 47.1 Å². The standard InChI is InChI=1S/C11H11NO4S2.Na.H/c13-9(14)6-12-4-3-7(10(12)15)18-11(16)8-2-1-5-17-8;;/h1-2,5,7H,3-4,6H2,(H,13,14);;. The topological polar surface area (TPSA) is 74.7 Å². The number of thiophene rings is 1. The molecule has 1 saturated heterocycles. The van der Waals surface area contributed by atoms with Crippen LogP contribution in [0, 0.1) is 0 Å². The Kier molecular flexibility index (Phi) is 6.55. The van der Waals surface area contributed by atoms with Gasteiger partial charge in [0.1, 0.15) is 6.54 Å². The number of amides is 1. The zero-order chi connectivity index (χ0) is 13.1. The van der Waals surface area contributed by atoms with Gasteiger partial charge in [-0.2, -0.15) is 0 Å². The van der Waals surface area contributed by atoms with Crippen LogP contribution in [0.4, 0.5) is 0 Å². The van der Waals surface area contributed by atoms with E-state index in [0.29, 0.717) is 17.8 Å². The molecular weight excluding hydrogens is 297 g/mol. The third kappa shape index (κ3) is 4.32. The van der Waals surface area contributed by atoms with Gasteiger partial charge in [0.25, 0.3) is 0 Å². The van der Waals surface area contributed by atoms with Crippen molar-refractivity contribution >= 4 is 69.6 Å². The predicted molar refractivity (Wildman–Crippen MR) is 76.0 cm³/mol. The molecule has 0 aromatic carbocycles. The average molecular weight is 309 g/mol. The molecule has 1 fully saturated rings. The fourth-order valence-corrected chi connectivity index (χ4v) is 3.48. The Morgan fingerprint density at radius 2 is 2.26 bits per heavy atom. The number of nitrogens with zero attached hydrogens (tertiary/aromatic N) is 1. The van der Waals surface area contributed by atoms with Gasteiger partial charge >= 0.3 is 35.5 Å². The molecule has 1 aliphatic rings. The molecule has 1 atom stereocenters. The summed E-state index contributed by atoms with van der Waals surface area (Å²) < 4.78 is 0. The van der Waals surface area contributed by atoms with Gasteiger partial charge in [0.15, 0.2) is 0 Å². The van der Waals surface area contributed by atoms with Crippen molar-refractivity contribution in [2.75, 3.05) is 13.1 Å². The summed E-state index contributed by atoms with van der Waals surface area (Å²) in [7, 11) is 0. The molecule has 0 aliphatic carbocycles. The summed E-state index contributed by atoms with van der Waals surface area (Å²) >= 11 is 2.33. The molecule has 2 heterocycles. The summed E-state index contributed by atoms with van der Waals surface area (Å²) in [5, 5.41) is 9.88. The summed E-state index contributed by atoms with van der Waals surface area (Å²) in [6.45, 7) is 0.115. The van der Waals surface area contributed by atoms with Gasteiger partial charge in [-0.1, -0.05) is 17.8 Å². The van der Waals surface area contributed by atoms with E-state index < -0.39 is 11.2 Å². The summed E-state index contributed by atoms with van der Waals surface area (Å²) in [5.41, 5.74) is 0. The zero-order valence-corrected chi connectivity index (χ0v) is 11.0. The number of carbonyl (C=O) groups excluding carboxylic acids is 2. The average Bonchev–Trinajstić information content (AvgIpc) is 2.93. The molecule has 1 aliphatic heterocycles. The molecule has 5 nitrogen and oxygen atoms in total. The molecule has 1 aromatic rings. The van der Waals surface area contributed by atoms with Gasteiger partial charge in [-0.3, -0.25) is 14.4 Å². The van der Waals surface area contributed by atoms with Gasteiger partial charge in [-0.15, -0.1) is 11.3 Å². The van der Waals surface area contributed by atoms with Gasteiger partial charge in [0.05, 0.1) is 10.1 Å². The van der Waals surface area contributed by atoms with Crippen LogP contribution in [0.15, 0.2) is 17.5 Å². The predicted octanol–water partition coefficient (Wildman–Crippen LogP) is 0.659. The number of carboxylic acid groups (broad SMARTS) is 1. The Hall–Kier alpha value is -0.340. The fourth-order valence-electron chi connectivity index (χ4n) is 1.72. The van der Waals surface area contributed by atoms with Crippen LogP contribution in [0.2, 0.25) is 0 Å². The van der Waals surface area contributed by atoms with Gasteiger partial charge < -0.3 is 10.0 Å². The Balaban J connectivity index is 0.00000180. The van der Waals surface area contributed by atoms with Crippen molar-refractivity contribution in [2.45, 2.75) is 11.7 Å². The van der Waals surface area contributed by atoms with Gasteiger partial charge in [-0.05, 0) is 17.9 Å². The third-order valence-corrected chi connectivity index (χ3v) is 4.70. The summed E-state index contributed by atoms with van der Waals surface area (Å²) in [5.74, 6) is -1.29. The van der Waals surface area contributed by atoms with Crippen molar-refractivity contribution in [3.8, 4) is 0 Å². The van der Waals surface area contributed by atoms with E-state index in [1.807, 2.05) is 0 Å². The van der Waals surface area contributed by atoms with Crippen molar-refractivity contribution < 1.29 is 19.5 Å². The molecule has 1 N–H and O–H groups in total. The first kappa shape index (κ1) is 16.7. The molecule has 0 spiro atoms. The van der Waals surface area contributed by atoms with Crippen LogP contribution in [0.1, 0.15) is 16.1 Å². The van der Waals surface area contributed by atoms with E-state index in [0.717, 1.165) is 11.8 Å². The molecule has 19 heavy (non-hydrogen) atoms. The molecule has 0 bridgehead atoms. The van der Waals surface area contributed by atoms with E-state index in [1.54, 1.807) is 17.5 Å². The number of rotatable bonds is 4. The number of thioether (sulfide) groups is 1. The first-order chi connectivity index (χ1) is 8.58. The van der Waals surface area contributed by atoms with Crippen LogP contribution in [-0.2, 0) is 9.59 Å². The molecule has 98 valence electrons. The normalized spacial score (nSPS) is 18.2. The number of hydrogen-bond donors (Lipinski definition) is 1. The number of hydrogen-bond acceptors (Lipinski definition) is 5. The van der Waals surface area contributed by atoms with E-state index in [4.69, 9.17) is 5.11 Å². The van der Waals surface area contributed by atoms with Crippen LogP contribution in [0.3, 0.4) is 0 Å². The zero-order valence-electron chi connectivity index (χ0n) is 9.37. The van der Waals surface area contributed by atoms with Crippen LogP contribution in [0.25, 0.3) is 0 Å². The monoisotopic (exact) mass is 309 g/mol. The molecule has 1 amide bonds. The Bertz CT molecular complexity index is 477.